The molecule has 28 heavy (non-hydrogen) atoms. The predicted octanol–water partition coefficient (Wildman–Crippen LogP) is 4.86. The lowest BCUT2D eigenvalue weighted by Crippen LogP contribution is -2.26. The predicted molar refractivity (Wildman–Crippen MR) is 112 cm³/mol. The molecule has 1 fully saturated rings. The van der Waals surface area contributed by atoms with Crippen molar-refractivity contribution in [3.63, 3.8) is 0 Å². The maximum Gasteiger partial charge on any atom is 0.234 e. The van der Waals surface area contributed by atoms with Crippen molar-refractivity contribution in [2.24, 2.45) is 5.73 Å². The highest BCUT2D eigenvalue weighted by Crippen LogP contribution is 2.34. The minimum Gasteiger partial charge on any atom is -0.384 e. The number of amidine groups is 1. The van der Waals surface area contributed by atoms with Crippen LogP contribution in [0, 0.1) is 11.2 Å². The van der Waals surface area contributed by atoms with E-state index >= 15 is 0 Å². The van der Waals surface area contributed by atoms with E-state index in [-0.39, 0.29) is 17.7 Å². The Balaban J connectivity index is 1.90. The molecule has 2 aromatic rings. The molecule has 1 amide bonds. The summed E-state index contributed by atoms with van der Waals surface area (Å²) in [5.74, 6) is -0.619. The highest BCUT2D eigenvalue weighted by molar-refractivity contribution is 6.02. The molecule has 0 bridgehead atoms. The molecule has 1 saturated heterocycles. The van der Waals surface area contributed by atoms with Crippen molar-refractivity contribution in [1.82, 2.24) is 0 Å². The Kier molecular flexibility index (Phi) is 5.93. The number of amides is 1. The number of nitrogens with zero attached hydrogens (tertiary/aromatic N) is 1. The minimum absolute atomic E-state index is 0.00240. The first-order valence-corrected chi connectivity index (χ1v) is 9.64. The average Bonchev–Trinajstić information content (AvgIpc) is 3.08. The lowest BCUT2D eigenvalue weighted by Gasteiger charge is -2.19. The summed E-state index contributed by atoms with van der Waals surface area (Å²) < 4.78 is 15.0. The summed E-state index contributed by atoms with van der Waals surface area (Å²) >= 11 is 0. The second-order valence-corrected chi connectivity index (χ2v) is 7.17. The molecule has 2 aromatic carbocycles. The Hall–Kier alpha value is -2.95. The van der Waals surface area contributed by atoms with E-state index in [1.165, 1.54) is 6.07 Å². The zero-order chi connectivity index (χ0) is 20.3. The highest BCUT2D eigenvalue weighted by Gasteiger charge is 2.33. The fourth-order valence-electron chi connectivity index (χ4n) is 3.78. The summed E-state index contributed by atoms with van der Waals surface area (Å²) in [5, 5.41) is 7.68. The highest BCUT2D eigenvalue weighted by atomic mass is 19.1. The second kappa shape index (κ2) is 8.38. The number of nitrogens with two attached hydrogens (primary N) is 1. The second-order valence-electron chi connectivity index (χ2n) is 7.17. The van der Waals surface area contributed by atoms with Gasteiger partial charge in [-0.1, -0.05) is 43.7 Å². The molecule has 146 valence electrons. The van der Waals surface area contributed by atoms with E-state index in [1.54, 1.807) is 24.0 Å². The minimum atomic E-state index is -0.391. The molecule has 0 spiro atoms. The number of halogens is 1. The van der Waals surface area contributed by atoms with Gasteiger partial charge in [0.05, 0.1) is 5.92 Å². The Morgan fingerprint density at radius 3 is 2.57 bits per heavy atom. The number of allylic oxidation sites excluding steroid dienone is 1. The Labute approximate surface area is 165 Å². The standard InChI is InChI=1S/C23H26FN3O/c1-3-7-18(15(2)22(25)26)20-11-10-17(14-21(20)24)27-13-12-19(23(27)28)16-8-5-4-6-9-16/h4-6,8-11,14,19H,3,7,12-13H2,1-2H3,(H3,25,26)/b18-15-. The van der Waals surface area contributed by atoms with Crippen LogP contribution < -0.4 is 10.6 Å². The lowest BCUT2D eigenvalue weighted by molar-refractivity contribution is -0.118. The van der Waals surface area contributed by atoms with Crippen molar-refractivity contribution in [2.75, 3.05) is 11.4 Å². The number of benzene rings is 2. The molecule has 1 unspecified atom stereocenters. The third-order valence-electron chi connectivity index (χ3n) is 5.35. The quantitative estimate of drug-likeness (QED) is 0.556. The van der Waals surface area contributed by atoms with Gasteiger partial charge in [-0.2, -0.15) is 0 Å². The number of carbonyl (C=O) groups excluding carboxylic acids is 1. The van der Waals surface area contributed by atoms with Gasteiger partial charge in [0, 0.05) is 17.8 Å². The van der Waals surface area contributed by atoms with Gasteiger partial charge in [0.25, 0.3) is 0 Å². The van der Waals surface area contributed by atoms with Crippen LogP contribution in [0.15, 0.2) is 54.1 Å². The van der Waals surface area contributed by atoms with Crippen molar-refractivity contribution < 1.29 is 9.18 Å². The molecule has 0 aromatic heterocycles. The van der Waals surface area contributed by atoms with E-state index in [4.69, 9.17) is 11.1 Å². The van der Waals surface area contributed by atoms with Gasteiger partial charge >= 0.3 is 0 Å². The van der Waals surface area contributed by atoms with E-state index in [9.17, 15) is 9.18 Å². The van der Waals surface area contributed by atoms with E-state index in [0.717, 1.165) is 24.0 Å². The van der Waals surface area contributed by atoms with Crippen molar-refractivity contribution in [3.8, 4) is 0 Å². The zero-order valence-corrected chi connectivity index (χ0v) is 16.3. The van der Waals surface area contributed by atoms with Crippen LogP contribution in [0.1, 0.15) is 50.2 Å². The molecule has 0 saturated carbocycles. The van der Waals surface area contributed by atoms with Crippen LogP contribution in [-0.2, 0) is 4.79 Å². The van der Waals surface area contributed by atoms with E-state index < -0.39 is 5.82 Å². The third-order valence-corrected chi connectivity index (χ3v) is 5.35. The summed E-state index contributed by atoms with van der Waals surface area (Å²) in [6.45, 7) is 4.32. The van der Waals surface area contributed by atoms with Crippen LogP contribution in [0.5, 0.6) is 0 Å². The number of hydrogen-bond acceptors (Lipinski definition) is 2. The molecule has 3 rings (SSSR count). The molecule has 1 aliphatic heterocycles. The van der Waals surface area contributed by atoms with Gasteiger partial charge < -0.3 is 10.6 Å². The number of anilines is 1. The molecule has 5 heteroatoms. The smallest absolute Gasteiger partial charge is 0.234 e. The van der Waals surface area contributed by atoms with Gasteiger partial charge in [-0.15, -0.1) is 0 Å². The number of hydrogen-bond donors (Lipinski definition) is 2. The fraction of sp³-hybridized carbons (Fsp3) is 0.304. The molecule has 3 N–H and O–H groups in total. The van der Waals surface area contributed by atoms with Gasteiger partial charge in [-0.25, -0.2) is 4.39 Å². The van der Waals surface area contributed by atoms with E-state index in [0.29, 0.717) is 29.8 Å². The van der Waals surface area contributed by atoms with Crippen molar-refractivity contribution in [3.05, 3.63) is 71.0 Å². The summed E-state index contributed by atoms with van der Waals surface area (Å²) in [6, 6.07) is 14.6. The summed E-state index contributed by atoms with van der Waals surface area (Å²) in [6.07, 6.45) is 2.18. The first kappa shape index (κ1) is 19.8. The largest absolute Gasteiger partial charge is 0.384 e. The van der Waals surface area contributed by atoms with Crippen molar-refractivity contribution >= 4 is 23.0 Å². The first-order valence-electron chi connectivity index (χ1n) is 9.64. The average molecular weight is 379 g/mol. The van der Waals surface area contributed by atoms with Crippen LogP contribution in [0.3, 0.4) is 0 Å². The summed E-state index contributed by atoms with van der Waals surface area (Å²) in [4.78, 5) is 14.5. The first-order chi connectivity index (χ1) is 13.4. The SMILES string of the molecule is CCC/C(=C(\C)C(=N)N)c1ccc(N2CCC(c3ccccc3)C2=O)cc1F. The van der Waals surface area contributed by atoms with Gasteiger partial charge in [-0.3, -0.25) is 10.2 Å². The maximum atomic E-state index is 15.0. The van der Waals surface area contributed by atoms with Crippen LogP contribution in [0.4, 0.5) is 10.1 Å². The van der Waals surface area contributed by atoms with Crippen LogP contribution >= 0.6 is 0 Å². The molecule has 0 aliphatic carbocycles. The topological polar surface area (TPSA) is 70.2 Å². The van der Waals surface area contributed by atoms with E-state index in [2.05, 4.69) is 0 Å². The molecular formula is C23H26FN3O. The fourth-order valence-corrected chi connectivity index (χ4v) is 3.78. The van der Waals surface area contributed by atoms with Crippen LogP contribution in [-0.4, -0.2) is 18.3 Å². The van der Waals surface area contributed by atoms with Gasteiger partial charge in [-0.05, 0) is 54.7 Å². The Bertz CT molecular complexity index is 921. The van der Waals surface area contributed by atoms with Gasteiger partial charge in [0.1, 0.15) is 11.7 Å². The monoisotopic (exact) mass is 379 g/mol. The molecule has 4 nitrogen and oxygen atoms in total. The zero-order valence-electron chi connectivity index (χ0n) is 16.3. The summed E-state index contributed by atoms with van der Waals surface area (Å²) in [5.41, 5.74) is 8.98. The Morgan fingerprint density at radius 2 is 1.96 bits per heavy atom. The number of nitrogens with one attached hydrogen (secondary N) is 1. The lowest BCUT2D eigenvalue weighted by atomic mass is 9.95. The maximum absolute atomic E-state index is 15.0. The van der Waals surface area contributed by atoms with Crippen molar-refractivity contribution in [2.45, 2.75) is 39.0 Å². The molecular weight excluding hydrogens is 353 g/mol. The summed E-state index contributed by atoms with van der Waals surface area (Å²) in [7, 11) is 0. The van der Waals surface area contributed by atoms with Crippen LogP contribution in [0.25, 0.3) is 5.57 Å². The normalized spacial score (nSPS) is 17.6. The van der Waals surface area contributed by atoms with Gasteiger partial charge in [0.2, 0.25) is 5.91 Å². The van der Waals surface area contributed by atoms with E-state index in [1.807, 2.05) is 37.3 Å². The molecule has 0 radical (unpaired) electrons. The molecule has 1 aliphatic rings. The third kappa shape index (κ3) is 3.84. The van der Waals surface area contributed by atoms with Crippen LogP contribution in [0.2, 0.25) is 0 Å². The molecule has 1 heterocycles. The number of carbonyl (C=O) groups is 1. The van der Waals surface area contributed by atoms with Crippen molar-refractivity contribution in [1.29, 1.82) is 5.41 Å². The van der Waals surface area contributed by atoms with Gasteiger partial charge in [0.15, 0.2) is 0 Å². The number of rotatable bonds is 6. The Morgan fingerprint density at radius 1 is 1.25 bits per heavy atom. The molecule has 1 atom stereocenters.